The van der Waals surface area contributed by atoms with Crippen LogP contribution < -0.4 is 4.90 Å². The van der Waals surface area contributed by atoms with Crippen LogP contribution in [0.4, 0.5) is 11.4 Å². The molecular formula is C51H34N4O. The van der Waals surface area contributed by atoms with Crippen molar-refractivity contribution in [3.05, 3.63) is 205 Å². The summed E-state index contributed by atoms with van der Waals surface area (Å²) in [4.78, 5) is 17.5. The van der Waals surface area contributed by atoms with Crippen molar-refractivity contribution in [1.82, 2.24) is 15.0 Å². The van der Waals surface area contributed by atoms with Crippen LogP contribution in [0.25, 0.3) is 73.5 Å². The van der Waals surface area contributed by atoms with Gasteiger partial charge in [-0.05, 0) is 58.2 Å². The number of nitrogens with zero attached hydrogens (tertiary/aromatic N) is 4. The fraction of sp³-hybridized carbons (Fsp3) is 0.0392. The van der Waals surface area contributed by atoms with Gasteiger partial charge >= 0.3 is 0 Å². The highest BCUT2D eigenvalue weighted by atomic mass is 16.3. The summed E-state index contributed by atoms with van der Waals surface area (Å²) in [6.07, 6.45) is 4.48. The van der Waals surface area contributed by atoms with Crippen molar-refractivity contribution in [2.45, 2.75) is 12.0 Å². The molecule has 0 fully saturated rings. The summed E-state index contributed by atoms with van der Waals surface area (Å²) < 4.78 is 6.62. The highest BCUT2D eigenvalue weighted by molar-refractivity contribution is 6.00. The van der Waals surface area contributed by atoms with Crippen molar-refractivity contribution in [1.29, 1.82) is 0 Å². The Labute approximate surface area is 324 Å². The fourth-order valence-corrected chi connectivity index (χ4v) is 8.53. The third-order valence-electron chi connectivity index (χ3n) is 11.1. The molecule has 11 rings (SSSR count). The fourth-order valence-electron chi connectivity index (χ4n) is 8.53. The van der Waals surface area contributed by atoms with Crippen LogP contribution >= 0.6 is 0 Å². The Morgan fingerprint density at radius 2 is 0.964 bits per heavy atom. The third kappa shape index (κ3) is 5.36. The highest BCUT2D eigenvalue weighted by Crippen LogP contribution is 2.54. The number of aromatic nitrogens is 3. The lowest BCUT2D eigenvalue weighted by molar-refractivity contribution is 0.584. The Morgan fingerprint density at radius 3 is 1.62 bits per heavy atom. The van der Waals surface area contributed by atoms with Gasteiger partial charge in [-0.3, -0.25) is 0 Å². The number of fused-ring (bicyclic) bond motifs is 7. The maximum absolute atomic E-state index is 6.62. The van der Waals surface area contributed by atoms with Gasteiger partial charge in [0.2, 0.25) is 0 Å². The summed E-state index contributed by atoms with van der Waals surface area (Å²) >= 11 is 0. The van der Waals surface area contributed by atoms with Crippen LogP contribution in [0.5, 0.6) is 0 Å². The predicted octanol–water partition coefficient (Wildman–Crippen LogP) is 12.6. The van der Waals surface area contributed by atoms with E-state index in [1.165, 1.54) is 28.1 Å². The maximum Gasteiger partial charge on any atom is 0.164 e. The minimum absolute atomic E-state index is 0.120. The van der Waals surface area contributed by atoms with Crippen LogP contribution in [0.2, 0.25) is 0 Å². The van der Waals surface area contributed by atoms with Gasteiger partial charge in [0.15, 0.2) is 17.5 Å². The van der Waals surface area contributed by atoms with E-state index in [0.717, 1.165) is 50.1 Å². The first-order valence-electron chi connectivity index (χ1n) is 19.0. The van der Waals surface area contributed by atoms with E-state index in [9.17, 15) is 0 Å². The molecule has 0 spiro atoms. The number of anilines is 2. The smallest absolute Gasteiger partial charge is 0.164 e. The lowest BCUT2D eigenvalue weighted by Crippen LogP contribution is -2.30. The molecule has 0 bridgehead atoms. The van der Waals surface area contributed by atoms with E-state index >= 15 is 0 Å². The molecule has 0 amide bonds. The Kier molecular flexibility index (Phi) is 7.56. The van der Waals surface area contributed by atoms with Gasteiger partial charge < -0.3 is 9.32 Å². The average molecular weight is 719 g/mol. The predicted molar refractivity (Wildman–Crippen MR) is 226 cm³/mol. The van der Waals surface area contributed by atoms with Gasteiger partial charge in [0.1, 0.15) is 11.3 Å². The van der Waals surface area contributed by atoms with E-state index in [0.29, 0.717) is 17.5 Å². The molecule has 1 aliphatic carbocycles. The number of hydrogen-bond acceptors (Lipinski definition) is 5. The first-order valence-corrected chi connectivity index (χ1v) is 19.0. The first-order chi connectivity index (χ1) is 27.8. The van der Waals surface area contributed by atoms with Crippen molar-refractivity contribution in [3.8, 4) is 56.4 Å². The summed E-state index contributed by atoms with van der Waals surface area (Å²) in [6, 6.07) is 63.6. The molecule has 5 heteroatoms. The number of furan rings is 1. The second kappa shape index (κ2) is 13.2. The molecule has 2 aliphatic rings. The summed E-state index contributed by atoms with van der Waals surface area (Å²) in [5.41, 5.74) is 13.2. The average Bonchev–Trinajstić information content (AvgIpc) is 3.83. The van der Waals surface area contributed by atoms with E-state index in [1.807, 2.05) is 36.4 Å². The van der Waals surface area contributed by atoms with Gasteiger partial charge in [0, 0.05) is 44.9 Å². The largest absolute Gasteiger partial charge is 0.456 e. The van der Waals surface area contributed by atoms with Gasteiger partial charge in [-0.2, -0.15) is 0 Å². The Morgan fingerprint density at radius 1 is 0.446 bits per heavy atom. The van der Waals surface area contributed by atoms with Crippen LogP contribution in [-0.4, -0.2) is 21.0 Å². The van der Waals surface area contributed by atoms with Gasteiger partial charge in [-0.15, -0.1) is 0 Å². The Bertz CT molecular complexity index is 2900. The number of benzene rings is 7. The van der Waals surface area contributed by atoms with Crippen molar-refractivity contribution in [2.24, 2.45) is 0 Å². The second-order valence-electron chi connectivity index (χ2n) is 14.3. The minimum Gasteiger partial charge on any atom is -0.456 e. The number of para-hydroxylation sites is 2. The molecule has 2 unspecified atom stereocenters. The molecule has 56 heavy (non-hydrogen) atoms. The molecule has 0 saturated heterocycles. The lowest BCUT2D eigenvalue weighted by atomic mass is 9.81. The van der Waals surface area contributed by atoms with Crippen LogP contribution in [0.15, 0.2) is 192 Å². The van der Waals surface area contributed by atoms with Crippen LogP contribution in [0.1, 0.15) is 22.8 Å². The summed E-state index contributed by atoms with van der Waals surface area (Å²) in [5, 5.41) is 1.16. The monoisotopic (exact) mass is 718 g/mol. The van der Waals surface area contributed by atoms with E-state index in [-0.39, 0.29) is 12.0 Å². The normalized spacial score (nSPS) is 15.4. The van der Waals surface area contributed by atoms with Crippen LogP contribution in [0, 0.1) is 0 Å². The summed E-state index contributed by atoms with van der Waals surface area (Å²) in [5.74, 6) is 2.95. The van der Waals surface area contributed by atoms with Crippen LogP contribution in [0.3, 0.4) is 0 Å². The highest BCUT2D eigenvalue weighted by Gasteiger charge is 2.43. The maximum atomic E-state index is 6.62. The first kappa shape index (κ1) is 32.1. The molecule has 3 heterocycles. The topological polar surface area (TPSA) is 55.1 Å². The van der Waals surface area contributed by atoms with Gasteiger partial charge in [-0.25, -0.2) is 15.0 Å². The second-order valence-corrected chi connectivity index (χ2v) is 14.3. The van der Waals surface area contributed by atoms with Crippen molar-refractivity contribution in [2.75, 3.05) is 4.90 Å². The van der Waals surface area contributed by atoms with Gasteiger partial charge in [-0.1, -0.05) is 164 Å². The molecule has 0 N–H and O–H groups in total. The summed E-state index contributed by atoms with van der Waals surface area (Å²) in [7, 11) is 0. The van der Waals surface area contributed by atoms with E-state index in [2.05, 4.69) is 163 Å². The molecule has 2 atom stereocenters. The van der Waals surface area contributed by atoms with Crippen molar-refractivity contribution >= 4 is 28.4 Å². The molecular weight excluding hydrogens is 685 g/mol. The molecule has 0 radical (unpaired) electrons. The molecule has 1 aliphatic heterocycles. The number of rotatable bonds is 6. The van der Waals surface area contributed by atoms with E-state index in [4.69, 9.17) is 19.4 Å². The molecule has 2 aromatic heterocycles. The molecule has 264 valence electrons. The SMILES string of the molecule is C1=CC2C(c3ccccc3N2c2ccccc2)c2c1oc1cccc(-c3ccc(-c4nc(-c5ccccc5)nc(-c5ccc(-c6ccccc6)cc5)n4)cc3)c21. The Balaban J connectivity index is 0.992. The zero-order valence-corrected chi connectivity index (χ0v) is 30.3. The molecule has 0 saturated carbocycles. The molecule has 9 aromatic rings. The van der Waals surface area contributed by atoms with Gasteiger partial charge in [0.05, 0.1) is 6.04 Å². The zero-order valence-electron chi connectivity index (χ0n) is 30.3. The standard InChI is InChI=1S/C51H34N4O/c1-4-13-33(14-5-1)34-23-27-37(28-24-34)50-52-49(36-15-6-2-7-16-36)53-51(54-50)38-29-25-35(26-30-38)40-20-12-22-44-47(40)48-45(56-44)32-31-43-46(48)41-19-10-11-21-42(41)55(43)39-17-8-3-9-18-39/h1-32,43,46H. The van der Waals surface area contributed by atoms with Gasteiger partial charge in [0.25, 0.3) is 0 Å². The van der Waals surface area contributed by atoms with E-state index < -0.39 is 0 Å². The van der Waals surface area contributed by atoms with Crippen molar-refractivity contribution in [3.63, 3.8) is 0 Å². The minimum atomic E-state index is 0.120. The molecule has 5 nitrogen and oxygen atoms in total. The molecule has 7 aromatic carbocycles. The van der Waals surface area contributed by atoms with E-state index in [1.54, 1.807) is 0 Å². The third-order valence-corrected chi connectivity index (χ3v) is 11.1. The lowest BCUT2D eigenvalue weighted by Gasteiger charge is -2.30. The van der Waals surface area contributed by atoms with Crippen LogP contribution in [-0.2, 0) is 0 Å². The summed E-state index contributed by atoms with van der Waals surface area (Å²) in [6.45, 7) is 0. The quantitative estimate of drug-likeness (QED) is 0.171. The van der Waals surface area contributed by atoms with Crippen molar-refractivity contribution < 1.29 is 4.42 Å². The zero-order chi connectivity index (χ0) is 37.0. The number of hydrogen-bond donors (Lipinski definition) is 0. The Hall–Kier alpha value is -7.37.